The maximum Gasteiger partial charge on any atom is 0.0197 e. The van der Waals surface area contributed by atoms with E-state index in [-0.39, 0.29) is 0 Å². The zero-order chi connectivity index (χ0) is 12.1. The molecule has 2 nitrogen and oxygen atoms in total. The molecule has 1 aliphatic heterocycles. The Bertz CT molecular complexity index is 310. The summed E-state index contributed by atoms with van der Waals surface area (Å²) >= 11 is 1.87. The smallest absolute Gasteiger partial charge is 0.0197 e. The molecular formula is C14H24N2S. The van der Waals surface area contributed by atoms with Crippen LogP contribution in [0.4, 0.5) is 0 Å². The molecular weight excluding hydrogens is 228 g/mol. The van der Waals surface area contributed by atoms with E-state index < -0.39 is 0 Å². The van der Waals surface area contributed by atoms with Crippen molar-refractivity contribution in [1.29, 1.82) is 0 Å². The molecule has 2 heterocycles. The molecule has 1 fully saturated rings. The normalized spacial score (nSPS) is 25.4. The van der Waals surface area contributed by atoms with Crippen molar-refractivity contribution in [2.24, 2.45) is 5.92 Å². The fraction of sp³-hybridized carbons (Fsp3) is 0.714. The first-order valence-electron chi connectivity index (χ1n) is 6.68. The van der Waals surface area contributed by atoms with E-state index in [9.17, 15) is 0 Å². The Kier molecular flexibility index (Phi) is 5.01. The summed E-state index contributed by atoms with van der Waals surface area (Å²) in [6, 6.07) is 5.08. The summed E-state index contributed by atoms with van der Waals surface area (Å²) in [7, 11) is 2.24. The van der Waals surface area contributed by atoms with Gasteiger partial charge < -0.3 is 10.2 Å². The Morgan fingerprint density at radius 1 is 1.53 bits per heavy atom. The van der Waals surface area contributed by atoms with Crippen LogP contribution in [0.25, 0.3) is 0 Å². The van der Waals surface area contributed by atoms with Crippen molar-refractivity contribution in [2.45, 2.75) is 32.2 Å². The van der Waals surface area contributed by atoms with Gasteiger partial charge in [0, 0.05) is 24.0 Å². The minimum atomic E-state index is 0.701. The molecule has 17 heavy (non-hydrogen) atoms. The Morgan fingerprint density at radius 3 is 3.12 bits per heavy atom. The van der Waals surface area contributed by atoms with Crippen LogP contribution in [-0.2, 0) is 6.42 Å². The van der Waals surface area contributed by atoms with Gasteiger partial charge in [-0.1, -0.05) is 13.0 Å². The summed E-state index contributed by atoms with van der Waals surface area (Å²) in [4.78, 5) is 3.97. The first kappa shape index (κ1) is 13.1. The lowest BCUT2D eigenvalue weighted by Gasteiger charge is -2.31. The van der Waals surface area contributed by atoms with E-state index in [2.05, 4.69) is 41.7 Å². The molecule has 0 amide bonds. The van der Waals surface area contributed by atoms with E-state index in [0.29, 0.717) is 6.04 Å². The Morgan fingerprint density at radius 2 is 2.41 bits per heavy atom. The average molecular weight is 252 g/mol. The number of piperidine rings is 1. The van der Waals surface area contributed by atoms with Crippen molar-refractivity contribution in [3.8, 4) is 0 Å². The molecule has 1 aromatic rings. The summed E-state index contributed by atoms with van der Waals surface area (Å²) in [6.45, 7) is 5.94. The first-order chi connectivity index (χ1) is 8.24. The zero-order valence-corrected chi connectivity index (χ0v) is 11.8. The van der Waals surface area contributed by atoms with Gasteiger partial charge in [0.15, 0.2) is 0 Å². The van der Waals surface area contributed by atoms with Gasteiger partial charge in [-0.25, -0.2) is 0 Å². The number of hydrogen-bond donors (Lipinski definition) is 1. The molecule has 0 aliphatic carbocycles. The fourth-order valence-corrected chi connectivity index (χ4v) is 3.28. The second-order valence-electron chi connectivity index (χ2n) is 5.37. The van der Waals surface area contributed by atoms with E-state index in [0.717, 1.165) is 5.92 Å². The first-order valence-corrected chi connectivity index (χ1v) is 7.56. The Balaban J connectivity index is 1.67. The van der Waals surface area contributed by atoms with Crippen LogP contribution < -0.4 is 5.32 Å². The number of likely N-dealkylation sites (N-methyl/N-ethyl adjacent to an activating group) is 1. The summed E-state index contributed by atoms with van der Waals surface area (Å²) in [6.07, 6.45) is 3.87. The summed E-state index contributed by atoms with van der Waals surface area (Å²) in [5.74, 6) is 0.895. The van der Waals surface area contributed by atoms with Crippen molar-refractivity contribution in [3.05, 3.63) is 22.4 Å². The highest BCUT2D eigenvalue weighted by atomic mass is 32.1. The topological polar surface area (TPSA) is 15.3 Å². The predicted octanol–water partition coefficient (Wildman–Crippen LogP) is 2.61. The van der Waals surface area contributed by atoms with Crippen molar-refractivity contribution in [2.75, 3.05) is 26.7 Å². The predicted molar refractivity (Wildman–Crippen MR) is 75.7 cm³/mol. The standard InChI is InChI=1S/C14H24N2S/c1-12-5-7-15-13(10-12)11-16(2)8-6-14-4-3-9-17-14/h3-4,9,12-13,15H,5-8,10-11H2,1-2H3. The van der Waals surface area contributed by atoms with Gasteiger partial charge in [0.1, 0.15) is 0 Å². The van der Waals surface area contributed by atoms with E-state index in [1.54, 1.807) is 0 Å². The molecule has 2 unspecified atom stereocenters. The van der Waals surface area contributed by atoms with Gasteiger partial charge in [0.2, 0.25) is 0 Å². The fourth-order valence-electron chi connectivity index (χ4n) is 2.58. The van der Waals surface area contributed by atoms with Crippen molar-refractivity contribution >= 4 is 11.3 Å². The Labute approximate surface area is 109 Å². The molecule has 2 rings (SSSR count). The third-order valence-electron chi connectivity index (χ3n) is 3.61. The molecule has 0 aromatic carbocycles. The molecule has 96 valence electrons. The highest BCUT2D eigenvalue weighted by molar-refractivity contribution is 7.09. The van der Waals surface area contributed by atoms with Crippen LogP contribution in [0.15, 0.2) is 17.5 Å². The van der Waals surface area contributed by atoms with E-state index in [4.69, 9.17) is 0 Å². The van der Waals surface area contributed by atoms with Gasteiger partial charge >= 0.3 is 0 Å². The van der Waals surface area contributed by atoms with Gasteiger partial charge in [-0.05, 0) is 50.2 Å². The zero-order valence-electron chi connectivity index (χ0n) is 11.0. The molecule has 0 saturated carbocycles. The lowest BCUT2D eigenvalue weighted by Crippen LogP contribution is -2.44. The van der Waals surface area contributed by atoms with E-state index in [1.165, 1.54) is 43.8 Å². The second-order valence-corrected chi connectivity index (χ2v) is 6.40. The third kappa shape index (κ3) is 4.41. The van der Waals surface area contributed by atoms with Crippen LogP contribution in [-0.4, -0.2) is 37.6 Å². The molecule has 0 bridgehead atoms. The summed E-state index contributed by atoms with van der Waals surface area (Å²) < 4.78 is 0. The molecule has 0 radical (unpaired) electrons. The average Bonchev–Trinajstić information content (AvgIpc) is 2.79. The van der Waals surface area contributed by atoms with Crippen LogP contribution in [0.1, 0.15) is 24.6 Å². The Hall–Kier alpha value is -0.380. The van der Waals surface area contributed by atoms with E-state index in [1.807, 2.05) is 11.3 Å². The van der Waals surface area contributed by atoms with Crippen LogP contribution in [0, 0.1) is 5.92 Å². The van der Waals surface area contributed by atoms with Crippen LogP contribution in [0.2, 0.25) is 0 Å². The number of nitrogens with zero attached hydrogens (tertiary/aromatic N) is 1. The van der Waals surface area contributed by atoms with Crippen molar-refractivity contribution in [3.63, 3.8) is 0 Å². The quantitative estimate of drug-likeness (QED) is 0.866. The highest BCUT2D eigenvalue weighted by Gasteiger charge is 2.19. The van der Waals surface area contributed by atoms with Gasteiger partial charge in [-0.3, -0.25) is 0 Å². The lowest BCUT2D eigenvalue weighted by molar-refractivity contribution is 0.236. The molecule has 0 spiro atoms. The second kappa shape index (κ2) is 6.53. The monoisotopic (exact) mass is 252 g/mol. The van der Waals surface area contributed by atoms with Crippen LogP contribution in [0.5, 0.6) is 0 Å². The minimum Gasteiger partial charge on any atom is -0.313 e. The molecule has 1 N–H and O–H groups in total. The van der Waals surface area contributed by atoms with Crippen LogP contribution in [0.3, 0.4) is 0 Å². The van der Waals surface area contributed by atoms with Crippen molar-refractivity contribution < 1.29 is 0 Å². The lowest BCUT2D eigenvalue weighted by atomic mass is 9.94. The van der Waals surface area contributed by atoms with Gasteiger partial charge in [-0.2, -0.15) is 0 Å². The minimum absolute atomic E-state index is 0.701. The number of hydrogen-bond acceptors (Lipinski definition) is 3. The van der Waals surface area contributed by atoms with E-state index >= 15 is 0 Å². The maximum absolute atomic E-state index is 3.63. The number of nitrogens with one attached hydrogen (secondary N) is 1. The van der Waals surface area contributed by atoms with Crippen LogP contribution >= 0.6 is 11.3 Å². The summed E-state index contributed by atoms with van der Waals surface area (Å²) in [5, 5.41) is 5.80. The highest BCUT2D eigenvalue weighted by Crippen LogP contribution is 2.16. The van der Waals surface area contributed by atoms with Crippen molar-refractivity contribution in [1.82, 2.24) is 10.2 Å². The molecule has 1 saturated heterocycles. The third-order valence-corrected chi connectivity index (χ3v) is 4.55. The molecule has 1 aliphatic rings. The molecule has 2 atom stereocenters. The SMILES string of the molecule is CC1CCNC(CN(C)CCc2cccs2)C1. The van der Waals surface area contributed by atoms with Gasteiger partial charge in [-0.15, -0.1) is 11.3 Å². The number of thiophene rings is 1. The van der Waals surface area contributed by atoms with Gasteiger partial charge in [0.25, 0.3) is 0 Å². The molecule has 1 aromatic heterocycles. The molecule has 3 heteroatoms. The van der Waals surface area contributed by atoms with Gasteiger partial charge in [0.05, 0.1) is 0 Å². The maximum atomic E-state index is 3.63. The largest absolute Gasteiger partial charge is 0.313 e. The summed E-state index contributed by atoms with van der Waals surface area (Å²) in [5.41, 5.74) is 0. The number of rotatable bonds is 5.